The summed E-state index contributed by atoms with van der Waals surface area (Å²) in [5.41, 5.74) is 10.4. The minimum Gasteiger partial charge on any atom is -0.370 e. The third-order valence-electron chi connectivity index (χ3n) is 2.87. The number of anilines is 1. The minimum absolute atomic E-state index is 0.422. The van der Waals surface area contributed by atoms with Crippen molar-refractivity contribution in [3.05, 3.63) is 63.6 Å². The molecule has 0 aliphatic rings. The molecule has 0 spiro atoms. The average molecular weight is 332 g/mol. The van der Waals surface area contributed by atoms with Crippen molar-refractivity contribution in [3.8, 4) is 0 Å². The van der Waals surface area contributed by atoms with Gasteiger partial charge in [0.25, 0.3) is 0 Å². The first-order chi connectivity index (χ1) is 9.54. The van der Waals surface area contributed by atoms with E-state index in [0.717, 1.165) is 15.7 Å². The zero-order valence-electron chi connectivity index (χ0n) is 11.7. The predicted molar refractivity (Wildman–Crippen MR) is 89.0 cm³/mol. The summed E-state index contributed by atoms with van der Waals surface area (Å²) in [6.07, 6.45) is 0. The molecule has 3 nitrogen and oxygen atoms in total. The molecule has 4 heteroatoms. The number of guanidine groups is 1. The van der Waals surface area contributed by atoms with Crippen LogP contribution in [0, 0.1) is 13.8 Å². The smallest absolute Gasteiger partial charge is 0.193 e. The topological polar surface area (TPSA) is 50.4 Å². The molecular weight excluding hydrogens is 314 g/mol. The molecule has 0 bridgehead atoms. The second-order valence-corrected chi connectivity index (χ2v) is 5.65. The summed E-state index contributed by atoms with van der Waals surface area (Å²) in [5, 5.41) is 3.13. The van der Waals surface area contributed by atoms with Crippen LogP contribution < -0.4 is 11.1 Å². The summed E-state index contributed by atoms with van der Waals surface area (Å²) in [6, 6.07) is 14.2. The van der Waals surface area contributed by atoms with Gasteiger partial charge in [0, 0.05) is 10.2 Å². The van der Waals surface area contributed by atoms with Crippen molar-refractivity contribution in [1.29, 1.82) is 0 Å². The molecule has 2 aromatic rings. The Bertz CT molecular complexity index is 615. The van der Waals surface area contributed by atoms with E-state index in [2.05, 4.69) is 46.2 Å². The number of halogens is 1. The Morgan fingerprint density at radius 1 is 1.15 bits per heavy atom. The van der Waals surface area contributed by atoms with Gasteiger partial charge in [-0.25, -0.2) is 4.99 Å². The van der Waals surface area contributed by atoms with Crippen molar-refractivity contribution in [1.82, 2.24) is 0 Å². The Morgan fingerprint density at radius 2 is 1.80 bits per heavy atom. The van der Waals surface area contributed by atoms with Gasteiger partial charge in [-0.2, -0.15) is 0 Å². The Labute approximate surface area is 128 Å². The second-order valence-electron chi connectivity index (χ2n) is 4.79. The van der Waals surface area contributed by atoms with Crippen LogP contribution in [0.25, 0.3) is 0 Å². The molecule has 0 aliphatic carbocycles. The van der Waals surface area contributed by atoms with Gasteiger partial charge in [-0.15, -0.1) is 0 Å². The SMILES string of the molecule is Cc1cc(C)cc(NC(N)=NCc2ccccc2Br)c1. The number of nitrogens with two attached hydrogens (primary N) is 1. The maximum absolute atomic E-state index is 5.93. The van der Waals surface area contributed by atoms with Crippen LogP contribution in [-0.2, 0) is 6.54 Å². The van der Waals surface area contributed by atoms with E-state index < -0.39 is 0 Å². The lowest BCUT2D eigenvalue weighted by Gasteiger charge is -2.08. The number of hydrogen-bond donors (Lipinski definition) is 2. The Kier molecular flexibility index (Phi) is 4.79. The number of nitrogens with one attached hydrogen (secondary N) is 1. The van der Waals surface area contributed by atoms with Crippen molar-refractivity contribution < 1.29 is 0 Å². The van der Waals surface area contributed by atoms with Gasteiger partial charge in [-0.3, -0.25) is 0 Å². The average Bonchev–Trinajstić information content (AvgIpc) is 2.36. The van der Waals surface area contributed by atoms with Gasteiger partial charge in [-0.1, -0.05) is 40.2 Å². The second kappa shape index (κ2) is 6.57. The molecule has 0 aromatic heterocycles. The molecule has 0 unspecified atom stereocenters. The maximum atomic E-state index is 5.93. The quantitative estimate of drug-likeness (QED) is 0.659. The molecule has 0 amide bonds. The van der Waals surface area contributed by atoms with Crippen LogP contribution in [0.2, 0.25) is 0 Å². The Morgan fingerprint density at radius 3 is 2.45 bits per heavy atom. The molecule has 0 aliphatic heterocycles. The number of aryl methyl sites for hydroxylation is 2. The summed E-state index contributed by atoms with van der Waals surface area (Å²) < 4.78 is 1.04. The highest BCUT2D eigenvalue weighted by Crippen LogP contribution is 2.17. The van der Waals surface area contributed by atoms with Gasteiger partial charge in [-0.05, 0) is 48.7 Å². The van der Waals surface area contributed by atoms with Crippen LogP contribution in [0.4, 0.5) is 5.69 Å². The number of nitrogens with zero attached hydrogens (tertiary/aromatic N) is 1. The molecule has 3 N–H and O–H groups in total. The molecule has 20 heavy (non-hydrogen) atoms. The standard InChI is InChI=1S/C16H18BrN3/c1-11-7-12(2)9-14(8-11)20-16(18)19-10-13-5-3-4-6-15(13)17/h3-9H,10H2,1-2H3,(H3,18,19,20). The van der Waals surface area contributed by atoms with Crippen molar-refractivity contribution in [3.63, 3.8) is 0 Å². The van der Waals surface area contributed by atoms with Gasteiger partial charge < -0.3 is 11.1 Å². The maximum Gasteiger partial charge on any atom is 0.193 e. The van der Waals surface area contributed by atoms with Gasteiger partial charge in [0.2, 0.25) is 0 Å². The zero-order valence-corrected chi connectivity index (χ0v) is 13.2. The van der Waals surface area contributed by atoms with Crippen LogP contribution in [-0.4, -0.2) is 5.96 Å². The molecule has 0 saturated heterocycles. The van der Waals surface area contributed by atoms with E-state index in [1.165, 1.54) is 11.1 Å². The van der Waals surface area contributed by atoms with Gasteiger partial charge in [0.05, 0.1) is 6.54 Å². The molecular formula is C16H18BrN3. The van der Waals surface area contributed by atoms with Crippen LogP contribution >= 0.6 is 15.9 Å². The highest BCUT2D eigenvalue weighted by atomic mass is 79.9. The van der Waals surface area contributed by atoms with E-state index in [1.807, 2.05) is 36.4 Å². The fraction of sp³-hybridized carbons (Fsp3) is 0.188. The molecule has 2 aromatic carbocycles. The number of rotatable bonds is 3. The van der Waals surface area contributed by atoms with Crippen LogP contribution in [0.15, 0.2) is 51.9 Å². The lowest BCUT2D eigenvalue weighted by Crippen LogP contribution is -2.22. The molecule has 2 rings (SSSR count). The van der Waals surface area contributed by atoms with E-state index in [4.69, 9.17) is 5.73 Å². The highest BCUT2D eigenvalue weighted by Gasteiger charge is 2.00. The zero-order chi connectivity index (χ0) is 14.5. The van der Waals surface area contributed by atoms with E-state index in [-0.39, 0.29) is 0 Å². The lowest BCUT2D eigenvalue weighted by atomic mass is 10.1. The normalized spacial score (nSPS) is 11.4. The number of benzene rings is 2. The Hall–Kier alpha value is -1.81. The molecule has 0 atom stereocenters. The molecule has 104 valence electrons. The van der Waals surface area contributed by atoms with Crippen molar-refractivity contribution >= 4 is 27.6 Å². The van der Waals surface area contributed by atoms with Crippen molar-refractivity contribution in [2.24, 2.45) is 10.7 Å². The monoisotopic (exact) mass is 331 g/mol. The summed E-state index contributed by atoms with van der Waals surface area (Å²) in [6.45, 7) is 4.67. The minimum atomic E-state index is 0.422. The fourth-order valence-electron chi connectivity index (χ4n) is 2.03. The summed E-state index contributed by atoms with van der Waals surface area (Å²) in [5.74, 6) is 0.422. The molecule has 0 heterocycles. The van der Waals surface area contributed by atoms with Crippen LogP contribution in [0.5, 0.6) is 0 Å². The predicted octanol–water partition coefficient (Wildman–Crippen LogP) is 3.99. The lowest BCUT2D eigenvalue weighted by molar-refractivity contribution is 1.05. The van der Waals surface area contributed by atoms with Gasteiger partial charge >= 0.3 is 0 Å². The first-order valence-corrected chi connectivity index (χ1v) is 7.22. The Balaban J connectivity index is 2.06. The third kappa shape index (κ3) is 4.10. The largest absolute Gasteiger partial charge is 0.370 e. The van der Waals surface area contributed by atoms with Gasteiger partial charge in [0.1, 0.15) is 0 Å². The van der Waals surface area contributed by atoms with E-state index in [0.29, 0.717) is 12.5 Å². The van der Waals surface area contributed by atoms with Crippen molar-refractivity contribution in [2.75, 3.05) is 5.32 Å². The first-order valence-electron chi connectivity index (χ1n) is 6.43. The molecule has 0 radical (unpaired) electrons. The molecule has 0 fully saturated rings. The van der Waals surface area contributed by atoms with Crippen molar-refractivity contribution in [2.45, 2.75) is 20.4 Å². The summed E-state index contributed by atoms with van der Waals surface area (Å²) in [4.78, 5) is 4.36. The summed E-state index contributed by atoms with van der Waals surface area (Å²) in [7, 11) is 0. The highest BCUT2D eigenvalue weighted by molar-refractivity contribution is 9.10. The number of hydrogen-bond acceptors (Lipinski definition) is 1. The van der Waals surface area contributed by atoms with E-state index >= 15 is 0 Å². The van der Waals surface area contributed by atoms with Gasteiger partial charge in [0.15, 0.2) is 5.96 Å². The van der Waals surface area contributed by atoms with Crippen LogP contribution in [0.3, 0.4) is 0 Å². The van der Waals surface area contributed by atoms with Crippen LogP contribution in [0.1, 0.15) is 16.7 Å². The first kappa shape index (κ1) is 14.6. The third-order valence-corrected chi connectivity index (χ3v) is 3.65. The van der Waals surface area contributed by atoms with E-state index in [9.17, 15) is 0 Å². The number of aliphatic imine (C=N–C) groups is 1. The van der Waals surface area contributed by atoms with E-state index in [1.54, 1.807) is 0 Å². The fourth-order valence-corrected chi connectivity index (χ4v) is 2.44. The molecule has 0 saturated carbocycles. The summed E-state index contributed by atoms with van der Waals surface area (Å²) >= 11 is 3.50.